The molecule has 1 aromatic heterocycles. The standard InChI is InChI=1S/C22H25FN4O/c1-2-15-6-8-16(9-7-15)19-14-27(13-12-24-19)21(28)11-10-20-25-18-5-3-4-17(23)22(18)26-20/h3-9,19,24H,2,10-14H2,1H3,(H,25,26). The first-order valence-electron chi connectivity index (χ1n) is 9.87. The maximum Gasteiger partial charge on any atom is 0.223 e. The predicted octanol–water partition coefficient (Wildman–Crippen LogP) is 3.37. The number of rotatable bonds is 5. The van der Waals surface area contributed by atoms with Gasteiger partial charge in [0.2, 0.25) is 5.91 Å². The van der Waals surface area contributed by atoms with Gasteiger partial charge >= 0.3 is 0 Å². The Bertz CT molecular complexity index is 966. The van der Waals surface area contributed by atoms with Crippen LogP contribution in [-0.2, 0) is 17.6 Å². The minimum absolute atomic E-state index is 0.109. The number of fused-ring (bicyclic) bond motifs is 1. The van der Waals surface area contributed by atoms with Crippen molar-refractivity contribution in [2.24, 2.45) is 0 Å². The van der Waals surface area contributed by atoms with Gasteiger partial charge in [0.25, 0.3) is 0 Å². The summed E-state index contributed by atoms with van der Waals surface area (Å²) in [4.78, 5) is 22.0. The second kappa shape index (κ2) is 8.10. The number of carbonyl (C=O) groups is 1. The SMILES string of the molecule is CCc1ccc(C2CN(C(=O)CCc3nc4c(F)cccc4[nH]3)CCN2)cc1. The molecule has 0 saturated carbocycles. The Morgan fingerprint density at radius 3 is 2.82 bits per heavy atom. The first-order chi connectivity index (χ1) is 13.6. The van der Waals surface area contributed by atoms with Crippen LogP contribution in [0.5, 0.6) is 0 Å². The van der Waals surface area contributed by atoms with Gasteiger partial charge < -0.3 is 15.2 Å². The van der Waals surface area contributed by atoms with Crippen molar-refractivity contribution in [1.82, 2.24) is 20.2 Å². The van der Waals surface area contributed by atoms with Crippen molar-refractivity contribution in [3.63, 3.8) is 0 Å². The lowest BCUT2D eigenvalue weighted by molar-refractivity contribution is -0.132. The number of imidazole rings is 1. The Hall–Kier alpha value is -2.73. The van der Waals surface area contributed by atoms with Gasteiger partial charge in [0.1, 0.15) is 11.3 Å². The number of halogens is 1. The molecule has 1 saturated heterocycles. The van der Waals surface area contributed by atoms with E-state index in [2.05, 4.69) is 46.5 Å². The van der Waals surface area contributed by atoms with Crippen LogP contribution in [0.2, 0.25) is 0 Å². The summed E-state index contributed by atoms with van der Waals surface area (Å²) < 4.78 is 13.8. The molecule has 146 valence electrons. The summed E-state index contributed by atoms with van der Waals surface area (Å²) >= 11 is 0. The van der Waals surface area contributed by atoms with Crippen LogP contribution in [0, 0.1) is 5.82 Å². The zero-order valence-corrected chi connectivity index (χ0v) is 16.0. The molecular weight excluding hydrogens is 355 g/mol. The minimum Gasteiger partial charge on any atom is -0.342 e. The molecule has 1 amide bonds. The molecule has 5 nitrogen and oxygen atoms in total. The molecule has 1 aliphatic rings. The zero-order valence-electron chi connectivity index (χ0n) is 16.0. The summed E-state index contributed by atoms with van der Waals surface area (Å²) in [5.41, 5.74) is 3.53. The molecule has 0 radical (unpaired) electrons. The third-order valence-corrected chi connectivity index (χ3v) is 5.41. The van der Waals surface area contributed by atoms with Gasteiger partial charge in [0.15, 0.2) is 5.82 Å². The Morgan fingerprint density at radius 2 is 2.07 bits per heavy atom. The summed E-state index contributed by atoms with van der Waals surface area (Å²) in [6.45, 7) is 4.29. The van der Waals surface area contributed by atoms with Crippen LogP contribution in [0.1, 0.15) is 36.3 Å². The lowest BCUT2D eigenvalue weighted by Gasteiger charge is -2.34. The monoisotopic (exact) mass is 380 g/mol. The van der Waals surface area contributed by atoms with Crippen molar-refractivity contribution in [3.8, 4) is 0 Å². The number of para-hydroxylation sites is 1. The molecule has 6 heteroatoms. The Labute approximate surface area is 164 Å². The number of hydrogen-bond acceptors (Lipinski definition) is 3. The number of nitrogens with zero attached hydrogens (tertiary/aromatic N) is 2. The second-order valence-corrected chi connectivity index (χ2v) is 7.26. The molecule has 1 atom stereocenters. The minimum atomic E-state index is -0.342. The average Bonchev–Trinajstić information content (AvgIpc) is 3.17. The van der Waals surface area contributed by atoms with Gasteiger partial charge in [0.05, 0.1) is 5.52 Å². The van der Waals surface area contributed by atoms with Crippen LogP contribution in [0.4, 0.5) is 4.39 Å². The highest BCUT2D eigenvalue weighted by molar-refractivity contribution is 5.78. The summed E-state index contributed by atoms with van der Waals surface area (Å²) in [6.07, 6.45) is 1.87. The molecule has 28 heavy (non-hydrogen) atoms. The summed E-state index contributed by atoms with van der Waals surface area (Å²) in [6, 6.07) is 13.6. The van der Waals surface area contributed by atoms with Crippen molar-refractivity contribution in [1.29, 1.82) is 0 Å². The van der Waals surface area contributed by atoms with Crippen LogP contribution >= 0.6 is 0 Å². The average molecular weight is 380 g/mol. The maximum absolute atomic E-state index is 13.8. The molecule has 1 fully saturated rings. The van der Waals surface area contributed by atoms with Crippen LogP contribution in [0.3, 0.4) is 0 Å². The number of aromatic nitrogens is 2. The van der Waals surface area contributed by atoms with Gasteiger partial charge in [-0.25, -0.2) is 9.37 Å². The van der Waals surface area contributed by atoms with Gasteiger partial charge in [-0.2, -0.15) is 0 Å². The quantitative estimate of drug-likeness (QED) is 0.713. The van der Waals surface area contributed by atoms with E-state index in [0.717, 1.165) is 13.0 Å². The fraction of sp³-hybridized carbons (Fsp3) is 0.364. The Kier molecular flexibility index (Phi) is 5.39. The number of benzene rings is 2. The van der Waals surface area contributed by atoms with E-state index in [-0.39, 0.29) is 17.8 Å². The number of H-pyrrole nitrogens is 1. The number of amides is 1. The van der Waals surface area contributed by atoms with Crippen molar-refractivity contribution in [2.75, 3.05) is 19.6 Å². The van der Waals surface area contributed by atoms with E-state index >= 15 is 0 Å². The van der Waals surface area contributed by atoms with E-state index in [4.69, 9.17) is 0 Å². The summed E-state index contributed by atoms with van der Waals surface area (Å²) in [5.74, 6) is 0.415. The van der Waals surface area contributed by atoms with Gasteiger partial charge in [-0.15, -0.1) is 0 Å². The van der Waals surface area contributed by atoms with Crippen LogP contribution in [-0.4, -0.2) is 40.4 Å². The molecule has 3 aromatic rings. The smallest absolute Gasteiger partial charge is 0.223 e. The van der Waals surface area contributed by atoms with Crippen LogP contribution in [0.15, 0.2) is 42.5 Å². The first kappa shape index (κ1) is 18.6. The highest BCUT2D eigenvalue weighted by Crippen LogP contribution is 2.20. The van der Waals surface area contributed by atoms with Crippen molar-refractivity contribution in [2.45, 2.75) is 32.2 Å². The highest BCUT2D eigenvalue weighted by Gasteiger charge is 2.24. The van der Waals surface area contributed by atoms with E-state index < -0.39 is 0 Å². The van der Waals surface area contributed by atoms with E-state index in [1.165, 1.54) is 17.2 Å². The first-order valence-corrected chi connectivity index (χ1v) is 9.87. The van der Waals surface area contributed by atoms with Gasteiger partial charge in [0, 0.05) is 38.5 Å². The van der Waals surface area contributed by atoms with Crippen molar-refractivity contribution in [3.05, 3.63) is 65.2 Å². The lowest BCUT2D eigenvalue weighted by atomic mass is 10.0. The normalized spacial score (nSPS) is 17.2. The molecular formula is C22H25FN4O. The van der Waals surface area contributed by atoms with Crippen molar-refractivity contribution < 1.29 is 9.18 Å². The number of hydrogen-bond donors (Lipinski definition) is 2. The van der Waals surface area contributed by atoms with Crippen LogP contribution in [0.25, 0.3) is 11.0 Å². The number of aromatic amines is 1. The van der Waals surface area contributed by atoms with Gasteiger partial charge in [-0.1, -0.05) is 37.3 Å². The molecule has 2 N–H and O–H groups in total. The molecule has 0 bridgehead atoms. The van der Waals surface area contributed by atoms with Crippen molar-refractivity contribution >= 4 is 16.9 Å². The molecule has 0 spiro atoms. The second-order valence-electron chi connectivity index (χ2n) is 7.26. The number of aryl methyl sites for hydroxylation is 2. The third-order valence-electron chi connectivity index (χ3n) is 5.41. The highest BCUT2D eigenvalue weighted by atomic mass is 19.1. The third kappa shape index (κ3) is 3.92. The summed E-state index contributed by atoms with van der Waals surface area (Å²) in [5, 5.41) is 3.50. The largest absolute Gasteiger partial charge is 0.342 e. The lowest BCUT2D eigenvalue weighted by Crippen LogP contribution is -2.48. The maximum atomic E-state index is 13.8. The predicted molar refractivity (Wildman–Crippen MR) is 108 cm³/mol. The van der Waals surface area contributed by atoms with E-state index in [9.17, 15) is 9.18 Å². The Balaban J connectivity index is 1.37. The zero-order chi connectivity index (χ0) is 19.5. The van der Waals surface area contributed by atoms with Gasteiger partial charge in [-0.05, 0) is 29.7 Å². The molecule has 2 aromatic carbocycles. The molecule has 0 aliphatic carbocycles. The van der Waals surface area contributed by atoms with E-state index in [0.29, 0.717) is 42.8 Å². The molecule has 1 aliphatic heterocycles. The topological polar surface area (TPSA) is 61.0 Å². The number of nitrogens with one attached hydrogen (secondary N) is 2. The van der Waals surface area contributed by atoms with E-state index in [1.807, 2.05) is 4.90 Å². The summed E-state index contributed by atoms with van der Waals surface area (Å²) in [7, 11) is 0. The Morgan fingerprint density at radius 1 is 1.25 bits per heavy atom. The fourth-order valence-corrected chi connectivity index (χ4v) is 3.74. The van der Waals surface area contributed by atoms with Gasteiger partial charge in [-0.3, -0.25) is 4.79 Å². The molecule has 2 heterocycles. The molecule has 1 unspecified atom stereocenters. The van der Waals surface area contributed by atoms with Crippen LogP contribution < -0.4 is 5.32 Å². The number of carbonyl (C=O) groups excluding carboxylic acids is 1. The number of piperazine rings is 1. The van der Waals surface area contributed by atoms with E-state index in [1.54, 1.807) is 12.1 Å². The molecule has 4 rings (SSSR count). The fourth-order valence-electron chi connectivity index (χ4n) is 3.74.